The Hall–Kier alpha value is -1.20. The number of carboxylic acids is 1. The van der Waals surface area contributed by atoms with Crippen LogP contribution in [0, 0.1) is 11.6 Å². The molecule has 0 fully saturated rings. The molecule has 88 valence electrons. The largest absolute Gasteiger partial charge is 0.481 e. The monoisotopic (exact) mass is 249 g/mol. The summed E-state index contributed by atoms with van der Waals surface area (Å²) < 4.78 is 26.1. The summed E-state index contributed by atoms with van der Waals surface area (Å²) in [4.78, 5) is 10.3. The number of carbonyl (C=O) groups is 1. The van der Waals surface area contributed by atoms with Crippen molar-refractivity contribution in [1.29, 1.82) is 0 Å². The Morgan fingerprint density at radius 1 is 1.44 bits per heavy atom. The standard InChI is InChI=1S/C10H10ClF2NO2/c11-6-3-5(7(12)4-8(6)13)9(14)1-2-10(15)16/h3-4,9H,1-2,14H2,(H,15,16). The minimum Gasteiger partial charge on any atom is -0.481 e. The van der Waals surface area contributed by atoms with Crippen molar-refractivity contribution in [3.63, 3.8) is 0 Å². The molecule has 0 saturated heterocycles. The molecule has 0 amide bonds. The summed E-state index contributed by atoms with van der Waals surface area (Å²) in [7, 11) is 0. The van der Waals surface area contributed by atoms with Gasteiger partial charge in [-0.25, -0.2) is 8.78 Å². The van der Waals surface area contributed by atoms with E-state index in [1.54, 1.807) is 0 Å². The van der Waals surface area contributed by atoms with Gasteiger partial charge in [-0.1, -0.05) is 11.6 Å². The van der Waals surface area contributed by atoms with Crippen LogP contribution in [-0.4, -0.2) is 11.1 Å². The third-order valence-corrected chi connectivity index (χ3v) is 2.40. The van der Waals surface area contributed by atoms with Gasteiger partial charge >= 0.3 is 5.97 Å². The van der Waals surface area contributed by atoms with Crippen LogP contribution < -0.4 is 5.73 Å². The van der Waals surface area contributed by atoms with E-state index in [0.29, 0.717) is 6.07 Å². The van der Waals surface area contributed by atoms with Crippen LogP contribution >= 0.6 is 11.6 Å². The second-order valence-corrected chi connectivity index (χ2v) is 3.73. The lowest BCUT2D eigenvalue weighted by molar-refractivity contribution is -0.137. The van der Waals surface area contributed by atoms with E-state index < -0.39 is 23.6 Å². The lowest BCUT2D eigenvalue weighted by Gasteiger charge is -2.12. The summed E-state index contributed by atoms with van der Waals surface area (Å²) in [6.07, 6.45) is -0.121. The molecule has 1 aromatic carbocycles. The van der Waals surface area contributed by atoms with Gasteiger partial charge in [0.05, 0.1) is 5.02 Å². The predicted octanol–water partition coefficient (Wildman–Crippen LogP) is 2.48. The molecular formula is C10H10ClF2NO2. The Labute approximate surface area is 95.8 Å². The van der Waals surface area contributed by atoms with Crippen molar-refractivity contribution in [2.75, 3.05) is 0 Å². The zero-order chi connectivity index (χ0) is 12.3. The van der Waals surface area contributed by atoms with Gasteiger partial charge in [0.1, 0.15) is 11.6 Å². The number of carboxylic acid groups (broad SMARTS) is 1. The number of aliphatic carboxylic acids is 1. The number of hydrogen-bond donors (Lipinski definition) is 2. The normalized spacial score (nSPS) is 12.5. The maximum absolute atomic E-state index is 13.3. The molecule has 16 heavy (non-hydrogen) atoms. The molecule has 1 rings (SSSR count). The van der Waals surface area contributed by atoms with E-state index in [4.69, 9.17) is 22.4 Å². The average Bonchev–Trinajstić information content (AvgIpc) is 2.20. The van der Waals surface area contributed by atoms with E-state index in [0.717, 1.165) is 6.07 Å². The van der Waals surface area contributed by atoms with Gasteiger partial charge in [-0.3, -0.25) is 4.79 Å². The van der Waals surface area contributed by atoms with Crippen molar-refractivity contribution >= 4 is 17.6 Å². The third kappa shape index (κ3) is 3.15. The SMILES string of the molecule is NC(CCC(=O)O)c1cc(Cl)c(F)cc1F. The van der Waals surface area contributed by atoms with Gasteiger partial charge in [-0.15, -0.1) is 0 Å². The van der Waals surface area contributed by atoms with Crippen molar-refractivity contribution in [3.8, 4) is 0 Å². The fourth-order valence-electron chi connectivity index (χ4n) is 1.26. The molecule has 1 unspecified atom stereocenters. The zero-order valence-electron chi connectivity index (χ0n) is 8.21. The number of hydrogen-bond acceptors (Lipinski definition) is 2. The van der Waals surface area contributed by atoms with E-state index in [2.05, 4.69) is 0 Å². The summed E-state index contributed by atoms with van der Waals surface area (Å²) in [5, 5.41) is 8.21. The number of rotatable bonds is 4. The second kappa shape index (κ2) is 5.23. The van der Waals surface area contributed by atoms with Crippen LogP contribution in [0.25, 0.3) is 0 Å². The predicted molar refractivity (Wildman–Crippen MR) is 55.2 cm³/mol. The molecule has 3 nitrogen and oxygen atoms in total. The summed E-state index contributed by atoms with van der Waals surface area (Å²) in [5.41, 5.74) is 5.60. The summed E-state index contributed by atoms with van der Waals surface area (Å²) in [6, 6.07) is 0.908. The maximum atomic E-state index is 13.3. The van der Waals surface area contributed by atoms with Crippen LogP contribution in [0.2, 0.25) is 5.02 Å². The van der Waals surface area contributed by atoms with Gasteiger partial charge in [0.15, 0.2) is 0 Å². The quantitative estimate of drug-likeness (QED) is 0.806. The Morgan fingerprint density at radius 3 is 2.62 bits per heavy atom. The van der Waals surface area contributed by atoms with Gasteiger partial charge in [0, 0.05) is 24.1 Å². The highest BCUT2D eigenvalue weighted by Crippen LogP contribution is 2.25. The molecule has 0 aliphatic heterocycles. The van der Waals surface area contributed by atoms with E-state index in [1.165, 1.54) is 0 Å². The minimum absolute atomic E-state index is 0.0210. The molecule has 3 N–H and O–H groups in total. The molecule has 0 aliphatic rings. The highest BCUT2D eigenvalue weighted by molar-refractivity contribution is 6.30. The maximum Gasteiger partial charge on any atom is 0.303 e. The topological polar surface area (TPSA) is 63.3 Å². The van der Waals surface area contributed by atoms with Crippen LogP contribution in [0.15, 0.2) is 12.1 Å². The fraction of sp³-hybridized carbons (Fsp3) is 0.300. The van der Waals surface area contributed by atoms with Gasteiger partial charge in [0.25, 0.3) is 0 Å². The summed E-state index contributed by atoms with van der Waals surface area (Å²) >= 11 is 5.48. The molecule has 0 radical (unpaired) electrons. The molecular weight excluding hydrogens is 240 g/mol. The van der Waals surface area contributed by atoms with Crippen LogP contribution in [-0.2, 0) is 4.79 Å². The molecule has 0 bridgehead atoms. The number of nitrogens with two attached hydrogens (primary N) is 1. The van der Waals surface area contributed by atoms with Crippen LogP contribution in [0.5, 0.6) is 0 Å². The molecule has 0 saturated carbocycles. The van der Waals surface area contributed by atoms with Gasteiger partial charge in [-0.05, 0) is 12.5 Å². The lowest BCUT2D eigenvalue weighted by Crippen LogP contribution is -2.14. The Kier molecular flexibility index (Phi) is 4.20. The number of halogens is 3. The fourth-order valence-corrected chi connectivity index (χ4v) is 1.43. The minimum atomic E-state index is -1.02. The number of benzene rings is 1. The highest BCUT2D eigenvalue weighted by Gasteiger charge is 2.15. The molecule has 0 aromatic heterocycles. The van der Waals surface area contributed by atoms with Gasteiger partial charge in [0.2, 0.25) is 0 Å². The Bertz CT molecular complexity index is 412. The van der Waals surface area contributed by atoms with E-state index in [9.17, 15) is 13.6 Å². The first kappa shape index (κ1) is 12.9. The second-order valence-electron chi connectivity index (χ2n) is 3.33. The molecule has 6 heteroatoms. The van der Waals surface area contributed by atoms with Crippen LogP contribution in [0.4, 0.5) is 8.78 Å². The van der Waals surface area contributed by atoms with Crippen molar-refractivity contribution in [1.82, 2.24) is 0 Å². The van der Waals surface area contributed by atoms with Crippen molar-refractivity contribution in [2.45, 2.75) is 18.9 Å². The molecule has 1 aromatic rings. The first-order chi connectivity index (χ1) is 7.41. The summed E-state index contributed by atoms with van der Waals surface area (Å²) in [6.45, 7) is 0. The first-order valence-corrected chi connectivity index (χ1v) is 4.91. The van der Waals surface area contributed by atoms with E-state index in [1.807, 2.05) is 0 Å². The zero-order valence-corrected chi connectivity index (χ0v) is 8.97. The smallest absolute Gasteiger partial charge is 0.303 e. The van der Waals surface area contributed by atoms with Gasteiger partial charge < -0.3 is 10.8 Å². The van der Waals surface area contributed by atoms with Crippen molar-refractivity contribution < 1.29 is 18.7 Å². The van der Waals surface area contributed by atoms with E-state index >= 15 is 0 Å². The Morgan fingerprint density at radius 2 is 2.06 bits per heavy atom. The molecule has 0 aliphatic carbocycles. The van der Waals surface area contributed by atoms with Gasteiger partial charge in [-0.2, -0.15) is 0 Å². The Balaban J connectivity index is 2.86. The van der Waals surface area contributed by atoms with Crippen molar-refractivity contribution in [3.05, 3.63) is 34.4 Å². The lowest BCUT2D eigenvalue weighted by atomic mass is 10.0. The van der Waals surface area contributed by atoms with Crippen LogP contribution in [0.3, 0.4) is 0 Å². The molecule has 1 atom stereocenters. The first-order valence-electron chi connectivity index (χ1n) is 4.53. The average molecular weight is 250 g/mol. The van der Waals surface area contributed by atoms with Crippen molar-refractivity contribution in [2.24, 2.45) is 5.73 Å². The third-order valence-electron chi connectivity index (χ3n) is 2.11. The molecule has 0 spiro atoms. The van der Waals surface area contributed by atoms with Crippen LogP contribution in [0.1, 0.15) is 24.4 Å². The highest BCUT2D eigenvalue weighted by atomic mass is 35.5. The molecule has 0 heterocycles. The van der Waals surface area contributed by atoms with E-state index in [-0.39, 0.29) is 23.4 Å². The summed E-state index contributed by atoms with van der Waals surface area (Å²) in [5.74, 6) is -2.71.